The van der Waals surface area contributed by atoms with Crippen molar-refractivity contribution >= 4 is 0 Å². The van der Waals surface area contributed by atoms with Gasteiger partial charge in [0.25, 0.3) is 0 Å². The molecule has 0 aromatic heterocycles. The molecule has 1 N–H and O–H groups in total. The Morgan fingerprint density at radius 1 is 1.12 bits per heavy atom. The van der Waals surface area contributed by atoms with Crippen LogP contribution in [0, 0.1) is 5.92 Å². The second kappa shape index (κ2) is 6.75. The molecule has 2 heteroatoms. The number of likely N-dealkylation sites (tertiary alicyclic amines) is 1. The zero-order valence-electron chi connectivity index (χ0n) is 12.2. The van der Waals surface area contributed by atoms with Crippen LogP contribution in [0.5, 0.6) is 0 Å². The minimum atomic E-state index is -0.171. The van der Waals surface area contributed by atoms with Crippen LogP contribution in [0.15, 0.2) is 0 Å². The first-order valence-corrected chi connectivity index (χ1v) is 7.51. The first-order chi connectivity index (χ1) is 8.08. The Morgan fingerprint density at radius 2 is 1.65 bits per heavy atom. The van der Waals surface area contributed by atoms with E-state index < -0.39 is 0 Å². The highest BCUT2D eigenvalue weighted by Gasteiger charge is 2.38. The molecular weight excluding hydrogens is 210 g/mol. The third kappa shape index (κ3) is 3.45. The molecule has 102 valence electrons. The van der Waals surface area contributed by atoms with E-state index >= 15 is 0 Å². The summed E-state index contributed by atoms with van der Waals surface area (Å²) in [4.78, 5) is 2.51. The molecule has 0 spiro atoms. The van der Waals surface area contributed by atoms with Gasteiger partial charge in [0, 0.05) is 5.54 Å². The van der Waals surface area contributed by atoms with Crippen molar-refractivity contribution in [3.8, 4) is 0 Å². The van der Waals surface area contributed by atoms with Gasteiger partial charge in [0.2, 0.25) is 0 Å². The minimum Gasteiger partial charge on any atom is -0.391 e. The SMILES string of the molecule is CCC(CC)CC(O)C(C)(CC)N1CCCC1. The molecule has 1 saturated heterocycles. The Kier molecular flexibility index (Phi) is 5.94. The van der Waals surface area contributed by atoms with E-state index in [-0.39, 0.29) is 11.6 Å². The summed E-state index contributed by atoms with van der Waals surface area (Å²) in [6, 6.07) is 0. The van der Waals surface area contributed by atoms with Crippen LogP contribution < -0.4 is 0 Å². The molecule has 1 aliphatic heterocycles. The predicted molar refractivity (Wildman–Crippen MR) is 74.2 cm³/mol. The quantitative estimate of drug-likeness (QED) is 0.738. The van der Waals surface area contributed by atoms with Crippen LogP contribution in [0.25, 0.3) is 0 Å². The number of hydrogen-bond donors (Lipinski definition) is 1. The van der Waals surface area contributed by atoms with Crippen LogP contribution in [0.2, 0.25) is 0 Å². The lowest BCUT2D eigenvalue weighted by Gasteiger charge is -2.43. The summed E-state index contributed by atoms with van der Waals surface area (Å²) in [5, 5.41) is 10.6. The molecule has 1 heterocycles. The lowest BCUT2D eigenvalue weighted by Crippen LogP contribution is -2.53. The van der Waals surface area contributed by atoms with Crippen molar-refractivity contribution in [2.24, 2.45) is 5.92 Å². The molecule has 0 aliphatic carbocycles. The van der Waals surface area contributed by atoms with Gasteiger partial charge in [-0.1, -0.05) is 33.6 Å². The van der Waals surface area contributed by atoms with E-state index in [0.29, 0.717) is 5.92 Å². The van der Waals surface area contributed by atoms with Crippen LogP contribution in [0.3, 0.4) is 0 Å². The van der Waals surface area contributed by atoms with Crippen LogP contribution in [0.4, 0.5) is 0 Å². The molecule has 1 fully saturated rings. The molecule has 0 radical (unpaired) electrons. The van der Waals surface area contributed by atoms with Crippen molar-refractivity contribution in [2.75, 3.05) is 13.1 Å². The molecule has 1 aliphatic rings. The fourth-order valence-corrected chi connectivity index (χ4v) is 3.09. The standard InChI is InChI=1S/C15H31NO/c1-5-13(6-2)12-14(17)15(4,7-3)16-10-8-9-11-16/h13-14,17H,5-12H2,1-4H3. The van der Waals surface area contributed by atoms with Crippen LogP contribution in [-0.4, -0.2) is 34.7 Å². The van der Waals surface area contributed by atoms with Gasteiger partial charge >= 0.3 is 0 Å². The van der Waals surface area contributed by atoms with Crippen LogP contribution in [-0.2, 0) is 0 Å². The second-order valence-electron chi connectivity index (χ2n) is 5.84. The van der Waals surface area contributed by atoms with Crippen molar-refractivity contribution in [2.45, 2.75) is 77.9 Å². The van der Waals surface area contributed by atoms with Gasteiger partial charge in [0.15, 0.2) is 0 Å². The first-order valence-electron chi connectivity index (χ1n) is 7.51. The van der Waals surface area contributed by atoms with Gasteiger partial charge in [-0.15, -0.1) is 0 Å². The van der Waals surface area contributed by atoms with E-state index in [2.05, 4.69) is 32.6 Å². The average molecular weight is 241 g/mol. The van der Waals surface area contributed by atoms with E-state index in [1.165, 1.54) is 38.8 Å². The fourth-order valence-electron chi connectivity index (χ4n) is 3.09. The molecule has 0 amide bonds. The average Bonchev–Trinajstić information content (AvgIpc) is 2.88. The maximum atomic E-state index is 10.6. The summed E-state index contributed by atoms with van der Waals surface area (Å²) in [6.07, 6.45) is 6.82. The molecule has 1 rings (SSSR count). The Balaban J connectivity index is 2.63. The van der Waals surface area contributed by atoms with Crippen molar-refractivity contribution in [3.63, 3.8) is 0 Å². The highest BCUT2D eigenvalue weighted by atomic mass is 16.3. The highest BCUT2D eigenvalue weighted by molar-refractivity contribution is 4.94. The fraction of sp³-hybridized carbons (Fsp3) is 1.00. The maximum absolute atomic E-state index is 10.6. The van der Waals surface area contributed by atoms with Gasteiger partial charge in [-0.2, -0.15) is 0 Å². The van der Waals surface area contributed by atoms with Crippen molar-refractivity contribution in [1.29, 1.82) is 0 Å². The molecule has 0 aromatic carbocycles. The van der Waals surface area contributed by atoms with Gasteiger partial charge in [0.05, 0.1) is 6.10 Å². The lowest BCUT2D eigenvalue weighted by atomic mass is 9.83. The smallest absolute Gasteiger partial charge is 0.0723 e. The summed E-state index contributed by atoms with van der Waals surface area (Å²) in [6.45, 7) is 11.3. The maximum Gasteiger partial charge on any atom is 0.0723 e. The van der Waals surface area contributed by atoms with Crippen molar-refractivity contribution < 1.29 is 5.11 Å². The number of aliphatic hydroxyl groups excluding tert-OH is 1. The van der Waals surface area contributed by atoms with Gasteiger partial charge in [-0.25, -0.2) is 0 Å². The zero-order chi connectivity index (χ0) is 12.9. The van der Waals surface area contributed by atoms with E-state index in [0.717, 1.165) is 12.8 Å². The summed E-state index contributed by atoms with van der Waals surface area (Å²) in [7, 11) is 0. The van der Waals surface area contributed by atoms with Crippen LogP contribution in [0.1, 0.15) is 66.2 Å². The van der Waals surface area contributed by atoms with Gasteiger partial charge in [0.1, 0.15) is 0 Å². The summed E-state index contributed by atoms with van der Waals surface area (Å²) < 4.78 is 0. The normalized spacial score (nSPS) is 22.9. The lowest BCUT2D eigenvalue weighted by molar-refractivity contribution is -0.0255. The molecule has 2 atom stereocenters. The molecule has 2 nitrogen and oxygen atoms in total. The van der Waals surface area contributed by atoms with Crippen LogP contribution >= 0.6 is 0 Å². The molecule has 0 aromatic rings. The van der Waals surface area contributed by atoms with Gasteiger partial charge in [-0.3, -0.25) is 4.90 Å². The Hall–Kier alpha value is -0.0800. The van der Waals surface area contributed by atoms with Crippen molar-refractivity contribution in [1.82, 2.24) is 4.90 Å². The Labute approximate surface area is 107 Å². The zero-order valence-corrected chi connectivity index (χ0v) is 12.2. The number of rotatable bonds is 7. The van der Waals surface area contributed by atoms with Gasteiger partial charge in [-0.05, 0) is 51.6 Å². The molecule has 0 saturated carbocycles. The van der Waals surface area contributed by atoms with E-state index in [4.69, 9.17) is 0 Å². The van der Waals surface area contributed by atoms with Gasteiger partial charge < -0.3 is 5.11 Å². The molecule has 0 bridgehead atoms. The topological polar surface area (TPSA) is 23.5 Å². The number of aliphatic hydroxyl groups is 1. The third-order valence-electron chi connectivity index (χ3n) is 4.97. The first kappa shape index (κ1) is 15.0. The van der Waals surface area contributed by atoms with E-state index in [1.807, 2.05) is 0 Å². The molecule has 17 heavy (non-hydrogen) atoms. The predicted octanol–water partition coefficient (Wildman–Crippen LogP) is 3.44. The Bertz CT molecular complexity index is 209. The molecular formula is C15H31NO. The number of hydrogen-bond acceptors (Lipinski definition) is 2. The minimum absolute atomic E-state index is 0.000903. The van der Waals surface area contributed by atoms with Crippen molar-refractivity contribution in [3.05, 3.63) is 0 Å². The monoisotopic (exact) mass is 241 g/mol. The largest absolute Gasteiger partial charge is 0.391 e. The van der Waals surface area contributed by atoms with E-state index in [9.17, 15) is 5.11 Å². The molecule has 2 unspecified atom stereocenters. The third-order valence-corrected chi connectivity index (χ3v) is 4.97. The summed E-state index contributed by atoms with van der Waals surface area (Å²) in [5.74, 6) is 0.679. The highest BCUT2D eigenvalue weighted by Crippen LogP contribution is 2.31. The summed E-state index contributed by atoms with van der Waals surface area (Å²) >= 11 is 0. The second-order valence-corrected chi connectivity index (χ2v) is 5.84. The summed E-state index contributed by atoms with van der Waals surface area (Å²) in [5.41, 5.74) is -0.000903. The van der Waals surface area contributed by atoms with E-state index in [1.54, 1.807) is 0 Å². The number of nitrogens with zero attached hydrogens (tertiary/aromatic N) is 1. The Morgan fingerprint density at radius 3 is 2.06 bits per heavy atom.